The standard InChI is InChI=1S/C10H7N3O3S/c14-9(12-10-11-5-6-17-10)7-1-3-8(4-2-7)13(15)16/h1-6H,(H,11,12,14). The highest BCUT2D eigenvalue weighted by Gasteiger charge is 2.10. The van der Waals surface area contributed by atoms with Crippen LogP contribution in [-0.4, -0.2) is 15.8 Å². The zero-order valence-corrected chi connectivity index (χ0v) is 9.31. The Morgan fingerprint density at radius 3 is 2.59 bits per heavy atom. The molecule has 0 atom stereocenters. The number of hydrogen-bond donors (Lipinski definition) is 1. The zero-order valence-electron chi connectivity index (χ0n) is 8.49. The maximum Gasteiger partial charge on any atom is 0.269 e. The molecule has 0 saturated carbocycles. The molecule has 86 valence electrons. The van der Waals surface area contributed by atoms with Gasteiger partial charge in [0.2, 0.25) is 0 Å². The van der Waals surface area contributed by atoms with Crippen LogP contribution in [0.5, 0.6) is 0 Å². The van der Waals surface area contributed by atoms with Crippen molar-refractivity contribution in [1.82, 2.24) is 4.98 Å². The van der Waals surface area contributed by atoms with Crippen molar-refractivity contribution in [3.63, 3.8) is 0 Å². The number of carbonyl (C=O) groups excluding carboxylic acids is 1. The number of amides is 1. The number of nitrogens with one attached hydrogen (secondary N) is 1. The molecule has 1 amide bonds. The van der Waals surface area contributed by atoms with Crippen LogP contribution in [0.15, 0.2) is 35.8 Å². The van der Waals surface area contributed by atoms with E-state index in [-0.39, 0.29) is 11.6 Å². The van der Waals surface area contributed by atoms with Crippen molar-refractivity contribution in [2.24, 2.45) is 0 Å². The number of thiazole rings is 1. The molecule has 0 saturated heterocycles. The largest absolute Gasteiger partial charge is 0.298 e. The van der Waals surface area contributed by atoms with Gasteiger partial charge in [-0.2, -0.15) is 0 Å². The van der Waals surface area contributed by atoms with Crippen molar-refractivity contribution >= 4 is 28.1 Å². The van der Waals surface area contributed by atoms with Gasteiger partial charge in [-0.25, -0.2) is 4.98 Å². The molecule has 6 nitrogen and oxygen atoms in total. The number of carbonyl (C=O) groups is 1. The Hall–Kier alpha value is -2.28. The van der Waals surface area contributed by atoms with Gasteiger partial charge in [0.25, 0.3) is 11.6 Å². The smallest absolute Gasteiger partial charge is 0.269 e. The van der Waals surface area contributed by atoms with Gasteiger partial charge >= 0.3 is 0 Å². The first kappa shape index (κ1) is 11.2. The SMILES string of the molecule is O=C(Nc1nccs1)c1ccc([N+](=O)[O-])cc1. The minimum atomic E-state index is -0.511. The van der Waals surface area contributed by atoms with Crippen LogP contribution in [0.1, 0.15) is 10.4 Å². The van der Waals surface area contributed by atoms with Crippen LogP contribution in [0.3, 0.4) is 0 Å². The summed E-state index contributed by atoms with van der Waals surface area (Å²) < 4.78 is 0. The lowest BCUT2D eigenvalue weighted by Crippen LogP contribution is -2.11. The second-order valence-electron chi connectivity index (χ2n) is 3.10. The van der Waals surface area contributed by atoms with Crippen LogP contribution in [0.2, 0.25) is 0 Å². The summed E-state index contributed by atoms with van der Waals surface area (Å²) in [7, 11) is 0. The fourth-order valence-electron chi connectivity index (χ4n) is 1.19. The first-order valence-electron chi connectivity index (χ1n) is 4.62. The molecule has 1 N–H and O–H groups in total. The molecule has 1 heterocycles. The molecule has 0 spiro atoms. The van der Waals surface area contributed by atoms with E-state index >= 15 is 0 Å². The molecule has 2 rings (SSSR count). The Bertz CT molecular complexity index is 536. The average molecular weight is 249 g/mol. The molecule has 0 unspecified atom stereocenters. The highest BCUT2D eigenvalue weighted by atomic mass is 32.1. The Labute approximate surface area is 100 Å². The van der Waals surface area contributed by atoms with Gasteiger partial charge < -0.3 is 0 Å². The number of nitro benzene ring substituents is 1. The van der Waals surface area contributed by atoms with Crippen LogP contribution >= 0.6 is 11.3 Å². The van der Waals surface area contributed by atoms with Crippen LogP contribution in [0, 0.1) is 10.1 Å². The van der Waals surface area contributed by atoms with E-state index in [0.717, 1.165) is 0 Å². The molecule has 0 aliphatic rings. The summed E-state index contributed by atoms with van der Waals surface area (Å²) in [6, 6.07) is 5.38. The van der Waals surface area contributed by atoms with E-state index in [0.29, 0.717) is 10.7 Å². The molecule has 1 aromatic carbocycles. The number of nitrogens with zero attached hydrogens (tertiary/aromatic N) is 2. The van der Waals surface area contributed by atoms with E-state index in [1.807, 2.05) is 0 Å². The van der Waals surface area contributed by atoms with Crippen molar-refractivity contribution in [2.75, 3.05) is 5.32 Å². The van der Waals surface area contributed by atoms with Crippen LogP contribution in [-0.2, 0) is 0 Å². The fraction of sp³-hybridized carbons (Fsp3) is 0. The lowest BCUT2D eigenvalue weighted by molar-refractivity contribution is -0.384. The minimum Gasteiger partial charge on any atom is -0.298 e. The van der Waals surface area contributed by atoms with Gasteiger partial charge in [0.15, 0.2) is 5.13 Å². The quantitative estimate of drug-likeness (QED) is 0.668. The molecular weight excluding hydrogens is 242 g/mol. The first-order valence-corrected chi connectivity index (χ1v) is 5.50. The average Bonchev–Trinajstić information content (AvgIpc) is 2.82. The third-order valence-electron chi connectivity index (χ3n) is 1.99. The summed E-state index contributed by atoms with van der Waals surface area (Å²) in [5, 5.41) is 15.3. The van der Waals surface area contributed by atoms with Crippen molar-refractivity contribution in [3.05, 3.63) is 51.5 Å². The predicted molar refractivity (Wildman–Crippen MR) is 63.2 cm³/mol. The van der Waals surface area contributed by atoms with Crippen LogP contribution in [0.25, 0.3) is 0 Å². The van der Waals surface area contributed by atoms with Gasteiger partial charge in [-0.05, 0) is 12.1 Å². The number of hydrogen-bond acceptors (Lipinski definition) is 5. The number of non-ortho nitro benzene ring substituents is 1. The van der Waals surface area contributed by atoms with Crippen molar-refractivity contribution in [2.45, 2.75) is 0 Å². The third kappa shape index (κ3) is 2.64. The van der Waals surface area contributed by atoms with Crippen molar-refractivity contribution in [1.29, 1.82) is 0 Å². The van der Waals surface area contributed by atoms with E-state index in [1.54, 1.807) is 11.6 Å². The molecule has 1 aromatic heterocycles. The van der Waals surface area contributed by atoms with Crippen molar-refractivity contribution < 1.29 is 9.72 Å². The lowest BCUT2D eigenvalue weighted by Gasteiger charge is -2.00. The lowest BCUT2D eigenvalue weighted by atomic mass is 10.2. The van der Waals surface area contributed by atoms with Gasteiger partial charge in [0, 0.05) is 29.3 Å². The summed E-state index contributed by atoms with van der Waals surface area (Å²) in [5.41, 5.74) is 0.307. The van der Waals surface area contributed by atoms with Crippen molar-refractivity contribution in [3.8, 4) is 0 Å². The van der Waals surface area contributed by atoms with Gasteiger partial charge in [-0.15, -0.1) is 11.3 Å². The number of aromatic nitrogens is 1. The highest BCUT2D eigenvalue weighted by molar-refractivity contribution is 7.13. The highest BCUT2D eigenvalue weighted by Crippen LogP contribution is 2.15. The second kappa shape index (κ2) is 4.71. The van der Waals surface area contributed by atoms with Crippen LogP contribution in [0.4, 0.5) is 10.8 Å². The molecule has 0 fully saturated rings. The molecular formula is C10H7N3O3S. The fourth-order valence-corrected chi connectivity index (χ4v) is 1.71. The topological polar surface area (TPSA) is 85.1 Å². The number of anilines is 1. The van der Waals surface area contributed by atoms with Gasteiger partial charge in [0.05, 0.1) is 4.92 Å². The molecule has 0 aliphatic carbocycles. The van der Waals surface area contributed by atoms with Gasteiger partial charge in [0.1, 0.15) is 0 Å². The molecule has 0 radical (unpaired) electrons. The maximum absolute atomic E-state index is 11.7. The molecule has 0 aliphatic heterocycles. The van der Waals surface area contributed by atoms with E-state index in [4.69, 9.17) is 0 Å². The maximum atomic E-state index is 11.7. The van der Waals surface area contributed by atoms with E-state index in [1.165, 1.54) is 35.6 Å². The third-order valence-corrected chi connectivity index (χ3v) is 2.68. The van der Waals surface area contributed by atoms with E-state index in [9.17, 15) is 14.9 Å². The molecule has 17 heavy (non-hydrogen) atoms. The minimum absolute atomic E-state index is 0.0456. The molecule has 7 heteroatoms. The number of nitro groups is 1. The number of benzene rings is 1. The molecule has 2 aromatic rings. The first-order chi connectivity index (χ1) is 8.16. The summed E-state index contributed by atoms with van der Waals surface area (Å²) in [6.45, 7) is 0. The monoisotopic (exact) mass is 249 g/mol. The van der Waals surface area contributed by atoms with E-state index < -0.39 is 4.92 Å². The predicted octanol–water partition coefficient (Wildman–Crippen LogP) is 2.30. The van der Waals surface area contributed by atoms with Gasteiger partial charge in [-0.3, -0.25) is 20.2 Å². The molecule has 0 bridgehead atoms. The van der Waals surface area contributed by atoms with E-state index in [2.05, 4.69) is 10.3 Å². The number of rotatable bonds is 3. The van der Waals surface area contributed by atoms with Gasteiger partial charge in [-0.1, -0.05) is 0 Å². The second-order valence-corrected chi connectivity index (χ2v) is 3.99. The summed E-state index contributed by atoms with van der Waals surface area (Å²) >= 11 is 1.30. The summed E-state index contributed by atoms with van der Waals surface area (Å²) in [4.78, 5) is 25.5. The normalized spacial score (nSPS) is 9.88. The Morgan fingerprint density at radius 2 is 2.06 bits per heavy atom. The summed E-state index contributed by atoms with van der Waals surface area (Å²) in [6.07, 6.45) is 1.58. The Balaban J connectivity index is 2.12. The zero-order chi connectivity index (χ0) is 12.3. The van der Waals surface area contributed by atoms with Crippen LogP contribution < -0.4 is 5.32 Å². The summed E-state index contributed by atoms with van der Waals surface area (Å²) in [5.74, 6) is -0.338. The Kier molecular flexibility index (Phi) is 3.10. The Morgan fingerprint density at radius 1 is 1.35 bits per heavy atom.